The topological polar surface area (TPSA) is 88.2 Å². The van der Waals surface area contributed by atoms with Gasteiger partial charge in [-0.1, -0.05) is 25.2 Å². The fraction of sp³-hybridized carbons (Fsp3) is 0.429. The maximum atomic E-state index is 12.2. The van der Waals surface area contributed by atoms with Crippen LogP contribution in [-0.2, 0) is 0 Å². The minimum Gasteiger partial charge on any atom is -0.396 e. The number of nitrogens with one attached hydrogen (secondary N) is 1. The number of aromatic nitrogens is 1. The van der Waals surface area contributed by atoms with Crippen LogP contribution in [0.2, 0.25) is 0 Å². The molecule has 1 amide bonds. The molecule has 1 aromatic heterocycles. The monoisotopic (exact) mass is 293 g/mol. The standard InChI is InChI=1S/C14H19N3O2S/c1-8(2)10(5-6-18)16-13(19)9-3-4-11-12(7-9)20-14(15)17-11/h3-4,7-8,10,18H,5-6H2,1-2H3,(H2,15,17)(H,16,19). The number of aliphatic hydroxyl groups excluding tert-OH is 1. The van der Waals surface area contributed by atoms with Crippen molar-refractivity contribution in [1.82, 2.24) is 10.3 Å². The van der Waals surface area contributed by atoms with Gasteiger partial charge in [0.15, 0.2) is 5.13 Å². The summed E-state index contributed by atoms with van der Waals surface area (Å²) in [7, 11) is 0. The summed E-state index contributed by atoms with van der Waals surface area (Å²) in [5.41, 5.74) is 7.05. The van der Waals surface area contributed by atoms with Gasteiger partial charge in [0.2, 0.25) is 0 Å². The first-order valence-electron chi connectivity index (χ1n) is 6.59. The van der Waals surface area contributed by atoms with Gasteiger partial charge in [0.1, 0.15) is 0 Å². The predicted octanol–water partition coefficient (Wildman–Crippen LogP) is 2.02. The lowest BCUT2D eigenvalue weighted by molar-refractivity contribution is 0.0917. The summed E-state index contributed by atoms with van der Waals surface area (Å²) in [5.74, 6) is 0.139. The van der Waals surface area contributed by atoms with Crippen LogP contribution < -0.4 is 11.1 Å². The van der Waals surface area contributed by atoms with Gasteiger partial charge in [0.25, 0.3) is 5.91 Å². The summed E-state index contributed by atoms with van der Waals surface area (Å²) >= 11 is 1.37. The van der Waals surface area contributed by atoms with E-state index in [2.05, 4.69) is 10.3 Å². The van der Waals surface area contributed by atoms with E-state index in [1.807, 2.05) is 13.8 Å². The zero-order valence-electron chi connectivity index (χ0n) is 11.6. The highest BCUT2D eigenvalue weighted by Gasteiger charge is 2.17. The molecule has 0 aliphatic heterocycles. The number of nitrogens with two attached hydrogens (primary N) is 1. The number of hydrogen-bond acceptors (Lipinski definition) is 5. The van der Waals surface area contributed by atoms with Crippen LogP contribution in [-0.4, -0.2) is 28.6 Å². The average Bonchev–Trinajstić information content (AvgIpc) is 2.76. The Balaban J connectivity index is 2.17. The van der Waals surface area contributed by atoms with E-state index < -0.39 is 0 Å². The molecule has 1 heterocycles. The van der Waals surface area contributed by atoms with E-state index in [1.54, 1.807) is 18.2 Å². The molecule has 20 heavy (non-hydrogen) atoms. The van der Waals surface area contributed by atoms with Gasteiger partial charge in [-0.15, -0.1) is 0 Å². The van der Waals surface area contributed by atoms with Gasteiger partial charge in [0, 0.05) is 18.2 Å². The molecule has 0 bridgehead atoms. The lowest BCUT2D eigenvalue weighted by Crippen LogP contribution is -2.39. The van der Waals surface area contributed by atoms with Gasteiger partial charge in [0.05, 0.1) is 10.2 Å². The Morgan fingerprint density at radius 2 is 2.25 bits per heavy atom. The van der Waals surface area contributed by atoms with Crippen molar-refractivity contribution in [3.63, 3.8) is 0 Å². The molecule has 2 aromatic rings. The Morgan fingerprint density at radius 1 is 1.50 bits per heavy atom. The van der Waals surface area contributed by atoms with Crippen LogP contribution in [0, 0.1) is 5.92 Å². The maximum Gasteiger partial charge on any atom is 0.251 e. The molecular formula is C14H19N3O2S. The Bertz CT molecular complexity index is 609. The zero-order chi connectivity index (χ0) is 14.7. The van der Waals surface area contributed by atoms with E-state index in [4.69, 9.17) is 10.8 Å². The summed E-state index contributed by atoms with van der Waals surface area (Å²) in [6.07, 6.45) is 0.555. The maximum absolute atomic E-state index is 12.2. The molecule has 0 fully saturated rings. The number of anilines is 1. The van der Waals surface area contributed by atoms with E-state index in [9.17, 15) is 4.79 Å². The third-order valence-electron chi connectivity index (χ3n) is 3.23. The van der Waals surface area contributed by atoms with Crippen LogP contribution in [0.1, 0.15) is 30.6 Å². The third kappa shape index (κ3) is 3.26. The first kappa shape index (κ1) is 14.7. The first-order chi connectivity index (χ1) is 9.51. The number of carbonyl (C=O) groups excluding carboxylic acids is 1. The zero-order valence-corrected chi connectivity index (χ0v) is 12.4. The van der Waals surface area contributed by atoms with Crippen molar-refractivity contribution in [2.45, 2.75) is 26.3 Å². The Hall–Kier alpha value is -1.66. The van der Waals surface area contributed by atoms with E-state index in [1.165, 1.54) is 11.3 Å². The molecule has 108 valence electrons. The van der Waals surface area contributed by atoms with Crippen LogP contribution >= 0.6 is 11.3 Å². The molecular weight excluding hydrogens is 274 g/mol. The molecule has 0 saturated heterocycles. The van der Waals surface area contributed by atoms with Gasteiger partial charge in [-0.05, 0) is 30.5 Å². The van der Waals surface area contributed by atoms with Gasteiger partial charge in [-0.2, -0.15) is 0 Å². The largest absolute Gasteiger partial charge is 0.396 e. The second-order valence-electron chi connectivity index (χ2n) is 5.07. The van der Waals surface area contributed by atoms with Gasteiger partial charge in [-0.25, -0.2) is 4.98 Å². The fourth-order valence-electron chi connectivity index (χ4n) is 2.05. The summed E-state index contributed by atoms with van der Waals surface area (Å²) in [5, 5.41) is 12.5. The molecule has 0 spiro atoms. The molecule has 5 nitrogen and oxygen atoms in total. The Morgan fingerprint density at radius 3 is 2.90 bits per heavy atom. The van der Waals surface area contributed by atoms with Crippen molar-refractivity contribution in [2.75, 3.05) is 12.3 Å². The van der Waals surface area contributed by atoms with Crippen LogP contribution in [0.5, 0.6) is 0 Å². The first-order valence-corrected chi connectivity index (χ1v) is 7.40. The quantitative estimate of drug-likeness (QED) is 0.787. The summed E-state index contributed by atoms with van der Waals surface area (Å²) < 4.78 is 0.901. The molecule has 0 aliphatic carbocycles. The molecule has 4 N–H and O–H groups in total. The number of thiazole rings is 1. The van der Waals surface area contributed by atoms with E-state index in [0.29, 0.717) is 17.1 Å². The molecule has 6 heteroatoms. The minimum atomic E-state index is -0.133. The van der Waals surface area contributed by atoms with Crippen LogP contribution in [0.15, 0.2) is 18.2 Å². The second-order valence-corrected chi connectivity index (χ2v) is 6.13. The normalized spacial score (nSPS) is 12.8. The van der Waals surface area contributed by atoms with Crippen molar-refractivity contribution >= 4 is 32.6 Å². The summed E-state index contributed by atoms with van der Waals surface area (Å²) in [4.78, 5) is 16.4. The Labute approximate surface area is 121 Å². The molecule has 0 aliphatic rings. The van der Waals surface area contributed by atoms with Crippen LogP contribution in [0.25, 0.3) is 10.2 Å². The molecule has 1 atom stereocenters. The molecule has 0 saturated carbocycles. The number of nitrogen functional groups attached to an aromatic ring is 1. The second kappa shape index (κ2) is 6.19. The lowest BCUT2D eigenvalue weighted by atomic mass is 10.0. The van der Waals surface area contributed by atoms with Crippen LogP contribution in [0.3, 0.4) is 0 Å². The number of aliphatic hydroxyl groups is 1. The Kier molecular flexibility index (Phi) is 4.57. The number of amides is 1. The van der Waals surface area contributed by atoms with Gasteiger partial charge >= 0.3 is 0 Å². The predicted molar refractivity (Wildman–Crippen MR) is 81.8 cm³/mol. The number of fused-ring (bicyclic) bond motifs is 1. The minimum absolute atomic E-state index is 0.0327. The smallest absolute Gasteiger partial charge is 0.251 e. The van der Waals surface area contributed by atoms with Crippen molar-refractivity contribution < 1.29 is 9.90 Å². The van der Waals surface area contributed by atoms with E-state index >= 15 is 0 Å². The number of hydrogen-bond donors (Lipinski definition) is 3. The number of nitrogens with zero attached hydrogens (tertiary/aromatic N) is 1. The third-order valence-corrected chi connectivity index (χ3v) is 4.08. The van der Waals surface area contributed by atoms with Crippen molar-refractivity contribution in [3.05, 3.63) is 23.8 Å². The van der Waals surface area contributed by atoms with Crippen LogP contribution in [0.4, 0.5) is 5.13 Å². The summed E-state index contributed by atoms with van der Waals surface area (Å²) in [6.45, 7) is 4.11. The van der Waals surface area contributed by atoms with Gasteiger partial charge < -0.3 is 16.2 Å². The van der Waals surface area contributed by atoms with E-state index in [-0.39, 0.29) is 24.5 Å². The molecule has 0 radical (unpaired) electrons. The van der Waals surface area contributed by atoms with Crippen molar-refractivity contribution in [3.8, 4) is 0 Å². The van der Waals surface area contributed by atoms with Crippen molar-refractivity contribution in [1.29, 1.82) is 0 Å². The summed E-state index contributed by atoms with van der Waals surface area (Å²) in [6, 6.07) is 5.31. The number of benzene rings is 1. The fourth-order valence-corrected chi connectivity index (χ4v) is 2.82. The molecule has 1 aromatic carbocycles. The highest BCUT2D eigenvalue weighted by molar-refractivity contribution is 7.22. The number of carbonyl (C=O) groups is 1. The number of rotatable bonds is 5. The van der Waals surface area contributed by atoms with Gasteiger partial charge in [-0.3, -0.25) is 4.79 Å². The van der Waals surface area contributed by atoms with Crippen molar-refractivity contribution in [2.24, 2.45) is 5.92 Å². The molecule has 2 rings (SSSR count). The molecule has 1 unspecified atom stereocenters. The average molecular weight is 293 g/mol. The SMILES string of the molecule is CC(C)C(CCO)NC(=O)c1ccc2nc(N)sc2c1. The highest BCUT2D eigenvalue weighted by Crippen LogP contribution is 2.24. The lowest BCUT2D eigenvalue weighted by Gasteiger charge is -2.21. The highest BCUT2D eigenvalue weighted by atomic mass is 32.1. The van der Waals surface area contributed by atoms with E-state index in [0.717, 1.165) is 10.2 Å².